The number of aryl methyl sites for hydroxylation is 1. The summed E-state index contributed by atoms with van der Waals surface area (Å²) in [4.78, 5) is 25.7. The number of hydrogen-bond acceptors (Lipinski definition) is 3. The maximum absolute atomic E-state index is 12.9. The fourth-order valence-corrected chi connectivity index (χ4v) is 3.29. The van der Waals surface area contributed by atoms with E-state index in [1.54, 1.807) is 17.9 Å². The van der Waals surface area contributed by atoms with Crippen LogP contribution >= 0.6 is 0 Å². The number of rotatable bonds is 7. The summed E-state index contributed by atoms with van der Waals surface area (Å²) in [6.45, 7) is 6.67. The van der Waals surface area contributed by atoms with E-state index in [1.165, 1.54) is 25.5 Å². The zero-order valence-corrected chi connectivity index (χ0v) is 13.7. The standard InChI is InChI=1S/C18H25NO4/c1-3-9-19(11-14-7-5-4-6-8-14)18(22)17-13(2)12-23-15(17)10-16(20)21/h3,12,14H,1,4-11H2,2H3,(H,20,21). The summed E-state index contributed by atoms with van der Waals surface area (Å²) < 4.78 is 5.29. The third-order valence-electron chi connectivity index (χ3n) is 4.42. The molecule has 126 valence electrons. The Morgan fingerprint density at radius 3 is 2.70 bits per heavy atom. The van der Waals surface area contributed by atoms with Gasteiger partial charge in [0.15, 0.2) is 0 Å². The van der Waals surface area contributed by atoms with E-state index in [9.17, 15) is 9.59 Å². The first-order chi connectivity index (χ1) is 11.0. The zero-order chi connectivity index (χ0) is 16.8. The molecule has 0 aromatic carbocycles. The minimum absolute atomic E-state index is 0.155. The van der Waals surface area contributed by atoms with Crippen LogP contribution in [0.4, 0.5) is 0 Å². The van der Waals surface area contributed by atoms with E-state index < -0.39 is 5.97 Å². The summed E-state index contributed by atoms with van der Waals surface area (Å²) >= 11 is 0. The summed E-state index contributed by atoms with van der Waals surface area (Å²) in [6.07, 6.45) is 8.90. The lowest BCUT2D eigenvalue weighted by Crippen LogP contribution is -2.36. The van der Waals surface area contributed by atoms with Gasteiger partial charge >= 0.3 is 5.97 Å². The monoisotopic (exact) mass is 319 g/mol. The van der Waals surface area contributed by atoms with Gasteiger partial charge in [0, 0.05) is 18.7 Å². The molecule has 5 heteroatoms. The highest BCUT2D eigenvalue weighted by atomic mass is 16.4. The molecule has 1 amide bonds. The van der Waals surface area contributed by atoms with Crippen molar-refractivity contribution in [3.8, 4) is 0 Å². The van der Waals surface area contributed by atoms with E-state index in [2.05, 4.69) is 6.58 Å². The minimum Gasteiger partial charge on any atom is -0.481 e. The smallest absolute Gasteiger partial charge is 0.311 e. The van der Waals surface area contributed by atoms with Crippen LogP contribution in [0.3, 0.4) is 0 Å². The second-order valence-electron chi connectivity index (χ2n) is 6.29. The van der Waals surface area contributed by atoms with Crippen LogP contribution < -0.4 is 0 Å². The Bertz CT molecular complexity index is 570. The van der Waals surface area contributed by atoms with Crippen LogP contribution in [0.15, 0.2) is 23.3 Å². The number of carbonyl (C=O) groups excluding carboxylic acids is 1. The number of nitrogens with zero attached hydrogens (tertiary/aromatic N) is 1. The van der Waals surface area contributed by atoms with Gasteiger partial charge in [-0.15, -0.1) is 6.58 Å². The predicted molar refractivity (Wildman–Crippen MR) is 87.5 cm³/mol. The maximum Gasteiger partial charge on any atom is 0.311 e. The molecule has 1 fully saturated rings. The van der Waals surface area contributed by atoms with Crippen molar-refractivity contribution >= 4 is 11.9 Å². The SMILES string of the molecule is C=CCN(CC1CCCCC1)C(=O)c1c(C)coc1CC(=O)O. The van der Waals surface area contributed by atoms with Gasteiger partial charge in [-0.1, -0.05) is 25.3 Å². The molecule has 1 aliphatic rings. The van der Waals surface area contributed by atoms with Crippen molar-refractivity contribution in [1.82, 2.24) is 4.90 Å². The molecule has 0 saturated heterocycles. The topological polar surface area (TPSA) is 70.8 Å². The second kappa shape index (κ2) is 7.99. The Labute approximate surface area is 137 Å². The highest BCUT2D eigenvalue weighted by Crippen LogP contribution is 2.26. The number of carboxylic acid groups (broad SMARTS) is 1. The summed E-state index contributed by atoms with van der Waals surface area (Å²) in [5, 5.41) is 8.98. The molecule has 5 nitrogen and oxygen atoms in total. The van der Waals surface area contributed by atoms with Gasteiger partial charge in [-0.25, -0.2) is 0 Å². The van der Waals surface area contributed by atoms with Gasteiger partial charge in [-0.05, 0) is 25.7 Å². The number of hydrogen-bond donors (Lipinski definition) is 1. The molecule has 1 N–H and O–H groups in total. The van der Waals surface area contributed by atoms with Gasteiger partial charge in [0.2, 0.25) is 0 Å². The maximum atomic E-state index is 12.9. The largest absolute Gasteiger partial charge is 0.481 e. The minimum atomic E-state index is -1.00. The molecule has 0 bridgehead atoms. The highest BCUT2D eigenvalue weighted by Gasteiger charge is 2.26. The molecule has 0 aliphatic heterocycles. The van der Waals surface area contributed by atoms with Crippen molar-refractivity contribution in [3.05, 3.63) is 35.8 Å². The number of amides is 1. The van der Waals surface area contributed by atoms with Gasteiger partial charge < -0.3 is 14.4 Å². The average molecular weight is 319 g/mol. The van der Waals surface area contributed by atoms with E-state index in [0.717, 1.165) is 12.8 Å². The normalized spacial score (nSPS) is 15.3. The molecule has 1 aromatic rings. The Kier molecular flexibility index (Phi) is 6.02. The lowest BCUT2D eigenvalue weighted by Gasteiger charge is -2.29. The molecular formula is C18H25NO4. The van der Waals surface area contributed by atoms with Crippen LogP contribution in [0.2, 0.25) is 0 Å². The third-order valence-corrected chi connectivity index (χ3v) is 4.42. The van der Waals surface area contributed by atoms with Crippen molar-refractivity contribution in [1.29, 1.82) is 0 Å². The molecule has 1 saturated carbocycles. The van der Waals surface area contributed by atoms with Crippen LogP contribution in [-0.2, 0) is 11.2 Å². The van der Waals surface area contributed by atoms with Crippen LogP contribution in [0.25, 0.3) is 0 Å². The van der Waals surface area contributed by atoms with Crippen molar-refractivity contribution in [3.63, 3.8) is 0 Å². The van der Waals surface area contributed by atoms with Gasteiger partial charge in [-0.2, -0.15) is 0 Å². The first-order valence-electron chi connectivity index (χ1n) is 8.21. The third kappa shape index (κ3) is 4.47. The molecule has 1 aromatic heterocycles. The fourth-order valence-electron chi connectivity index (χ4n) is 3.29. The Morgan fingerprint density at radius 2 is 2.09 bits per heavy atom. The Morgan fingerprint density at radius 1 is 1.39 bits per heavy atom. The Hall–Kier alpha value is -2.04. The van der Waals surface area contributed by atoms with E-state index in [0.29, 0.717) is 30.1 Å². The molecule has 0 atom stereocenters. The number of aliphatic carboxylic acids is 1. The van der Waals surface area contributed by atoms with Crippen molar-refractivity contribution in [2.24, 2.45) is 5.92 Å². The molecule has 1 heterocycles. The second-order valence-corrected chi connectivity index (χ2v) is 6.29. The molecule has 1 aliphatic carbocycles. The van der Waals surface area contributed by atoms with E-state index >= 15 is 0 Å². The quantitative estimate of drug-likeness (QED) is 0.782. The highest BCUT2D eigenvalue weighted by molar-refractivity contribution is 5.97. The van der Waals surface area contributed by atoms with Crippen LogP contribution in [0, 0.1) is 12.8 Å². The van der Waals surface area contributed by atoms with Crippen LogP contribution in [0.5, 0.6) is 0 Å². The number of carboxylic acids is 1. The molecule has 0 unspecified atom stereocenters. The summed E-state index contributed by atoms with van der Waals surface area (Å²) in [5.41, 5.74) is 1.08. The van der Waals surface area contributed by atoms with E-state index in [-0.39, 0.29) is 18.1 Å². The molecule has 2 rings (SSSR count). The Balaban J connectivity index is 2.18. The van der Waals surface area contributed by atoms with Gasteiger partial charge in [0.1, 0.15) is 12.2 Å². The molecule has 0 radical (unpaired) electrons. The lowest BCUT2D eigenvalue weighted by atomic mass is 9.88. The van der Waals surface area contributed by atoms with Crippen LogP contribution in [-0.4, -0.2) is 35.0 Å². The lowest BCUT2D eigenvalue weighted by molar-refractivity contribution is -0.136. The molecule has 23 heavy (non-hydrogen) atoms. The first kappa shape index (κ1) is 17.3. The number of carbonyl (C=O) groups is 2. The zero-order valence-electron chi connectivity index (χ0n) is 13.7. The summed E-state index contributed by atoms with van der Waals surface area (Å²) in [5.74, 6) is -0.408. The molecular weight excluding hydrogens is 294 g/mol. The van der Waals surface area contributed by atoms with Crippen molar-refractivity contribution in [2.75, 3.05) is 13.1 Å². The first-order valence-corrected chi connectivity index (χ1v) is 8.21. The summed E-state index contributed by atoms with van der Waals surface area (Å²) in [6, 6.07) is 0. The fraction of sp³-hybridized carbons (Fsp3) is 0.556. The predicted octanol–water partition coefficient (Wildman–Crippen LogP) is 3.42. The van der Waals surface area contributed by atoms with Gasteiger partial charge in [-0.3, -0.25) is 9.59 Å². The van der Waals surface area contributed by atoms with E-state index in [4.69, 9.17) is 9.52 Å². The van der Waals surface area contributed by atoms with Gasteiger partial charge in [0.05, 0.1) is 11.8 Å². The van der Waals surface area contributed by atoms with Gasteiger partial charge in [0.25, 0.3) is 5.91 Å². The van der Waals surface area contributed by atoms with Crippen LogP contribution in [0.1, 0.15) is 53.8 Å². The summed E-state index contributed by atoms with van der Waals surface area (Å²) in [7, 11) is 0. The van der Waals surface area contributed by atoms with E-state index in [1.807, 2.05) is 0 Å². The molecule has 0 spiro atoms. The average Bonchev–Trinajstić information content (AvgIpc) is 2.87. The van der Waals surface area contributed by atoms with Crippen molar-refractivity contribution in [2.45, 2.75) is 45.4 Å². The number of furan rings is 1. The van der Waals surface area contributed by atoms with Crippen molar-refractivity contribution < 1.29 is 19.1 Å².